The summed E-state index contributed by atoms with van der Waals surface area (Å²) in [7, 11) is 1.20. The highest BCUT2D eigenvalue weighted by atomic mass is 16.6. The first-order valence-electron chi connectivity index (χ1n) is 15.2. The number of Topliss-reactive ketones (excluding diaryl/α,β-unsaturated/α-hetero) is 1. The van der Waals surface area contributed by atoms with E-state index in [1.807, 2.05) is 26.8 Å². The molecule has 44 heavy (non-hydrogen) atoms. The maximum atomic E-state index is 14.7. The van der Waals surface area contributed by atoms with Gasteiger partial charge in [-0.1, -0.05) is 45.4 Å². The second-order valence-corrected chi connectivity index (χ2v) is 13.8. The van der Waals surface area contributed by atoms with Gasteiger partial charge in [0.05, 0.1) is 32.0 Å². The number of ether oxygens (including phenoxy) is 4. The molecule has 3 aliphatic carbocycles. The Morgan fingerprint density at radius 3 is 2.39 bits per heavy atom. The summed E-state index contributed by atoms with van der Waals surface area (Å²) in [6.07, 6.45) is 4.99. The lowest BCUT2D eigenvalue weighted by atomic mass is 9.40. The lowest BCUT2D eigenvalue weighted by Crippen LogP contribution is -2.69. The van der Waals surface area contributed by atoms with Crippen molar-refractivity contribution in [1.29, 1.82) is 0 Å². The second kappa shape index (κ2) is 11.0. The number of carbonyl (C=O) groups excluding carboxylic acids is 5. The highest BCUT2D eigenvalue weighted by molar-refractivity contribution is 5.95. The molecule has 4 aliphatic rings. The summed E-state index contributed by atoms with van der Waals surface area (Å²) >= 11 is 0. The van der Waals surface area contributed by atoms with Crippen LogP contribution >= 0.6 is 0 Å². The van der Waals surface area contributed by atoms with Crippen molar-refractivity contribution >= 4 is 29.7 Å². The highest BCUT2D eigenvalue weighted by Crippen LogP contribution is 2.68. The summed E-state index contributed by atoms with van der Waals surface area (Å²) in [6, 6.07) is 1.80. The van der Waals surface area contributed by atoms with Gasteiger partial charge in [-0.3, -0.25) is 14.4 Å². The summed E-state index contributed by atoms with van der Waals surface area (Å²) in [5.74, 6) is -5.07. The van der Waals surface area contributed by atoms with Crippen LogP contribution in [0.4, 0.5) is 0 Å². The molecular formula is C34H42O10. The molecule has 1 aromatic heterocycles. The van der Waals surface area contributed by atoms with E-state index in [2.05, 4.69) is 6.92 Å². The van der Waals surface area contributed by atoms with Crippen LogP contribution in [-0.2, 0) is 42.9 Å². The number of allylic oxidation sites excluding steroid dienone is 2. The molecule has 9 atom stereocenters. The number of rotatable bonds is 6. The SMILES string of the molecule is C/C=C(\C)C(=O)O[C@H]1[C@@H]2C=C3[C@@H](CC[C@]4(C)[C@H]3CC(=O)O[C@H]4c3ccoc3)[C@@](C)(C2=O)[C@@H]([C@@H](OC(C)=O)C(=O)OC)C1(C)C. The van der Waals surface area contributed by atoms with E-state index in [0.29, 0.717) is 18.4 Å². The van der Waals surface area contributed by atoms with Gasteiger partial charge in [0.25, 0.3) is 0 Å². The Morgan fingerprint density at radius 2 is 1.80 bits per heavy atom. The molecule has 1 aliphatic heterocycles. The Morgan fingerprint density at radius 1 is 1.09 bits per heavy atom. The van der Waals surface area contributed by atoms with E-state index < -0.39 is 64.3 Å². The van der Waals surface area contributed by atoms with Gasteiger partial charge in [-0.2, -0.15) is 0 Å². The zero-order valence-corrected chi connectivity index (χ0v) is 26.6. The lowest BCUT2D eigenvalue weighted by Gasteiger charge is -2.64. The fourth-order valence-electron chi connectivity index (χ4n) is 8.94. The maximum absolute atomic E-state index is 14.7. The predicted molar refractivity (Wildman–Crippen MR) is 155 cm³/mol. The molecule has 2 bridgehead atoms. The standard InChI is InChI=1S/C34H42O10/c1-9-17(2)30(38)44-29-21-14-20-22(10-12-33(6)23(20)15-24(36)43-28(33)19-11-13-41-16-19)34(7,27(21)37)26(32(29,4)5)25(31(39)40-8)42-18(3)35/h9,11,13-14,16,21-23,25-26,28-29H,10,12,15H2,1-8H3/b17-9+/t21-,22-,23+,25-,26+,28+,29+,33-,34-/m1/s1. The summed E-state index contributed by atoms with van der Waals surface area (Å²) in [6.45, 7) is 12.2. The number of ketones is 1. The number of hydrogen-bond acceptors (Lipinski definition) is 10. The van der Waals surface area contributed by atoms with Crippen LogP contribution in [0.3, 0.4) is 0 Å². The Labute approximate surface area is 257 Å². The third kappa shape index (κ3) is 4.63. The van der Waals surface area contributed by atoms with Crippen LogP contribution in [0, 0.1) is 39.9 Å². The number of cyclic esters (lactones) is 1. The smallest absolute Gasteiger partial charge is 0.347 e. The molecule has 10 nitrogen and oxygen atoms in total. The molecule has 5 rings (SSSR count). The minimum atomic E-state index is -1.44. The molecule has 238 valence electrons. The van der Waals surface area contributed by atoms with Gasteiger partial charge >= 0.3 is 23.9 Å². The molecular weight excluding hydrogens is 568 g/mol. The summed E-state index contributed by atoms with van der Waals surface area (Å²) in [4.78, 5) is 66.9. The van der Waals surface area contributed by atoms with Crippen molar-refractivity contribution in [3.63, 3.8) is 0 Å². The Kier molecular flexibility index (Phi) is 7.96. The fourth-order valence-corrected chi connectivity index (χ4v) is 8.94. The monoisotopic (exact) mass is 610 g/mol. The molecule has 10 heteroatoms. The third-order valence-corrected chi connectivity index (χ3v) is 11.1. The quantitative estimate of drug-likeness (QED) is 0.186. The lowest BCUT2D eigenvalue weighted by molar-refractivity contribution is -0.214. The molecule has 2 saturated carbocycles. The first-order chi connectivity index (χ1) is 20.6. The van der Waals surface area contributed by atoms with Crippen molar-refractivity contribution in [3.05, 3.63) is 47.5 Å². The van der Waals surface area contributed by atoms with Gasteiger partial charge in [-0.15, -0.1) is 0 Å². The molecule has 2 heterocycles. The van der Waals surface area contributed by atoms with Gasteiger partial charge in [-0.25, -0.2) is 9.59 Å². The van der Waals surface area contributed by atoms with E-state index in [1.54, 1.807) is 38.5 Å². The van der Waals surface area contributed by atoms with Gasteiger partial charge in [0.2, 0.25) is 6.10 Å². The van der Waals surface area contributed by atoms with Crippen molar-refractivity contribution in [1.82, 2.24) is 0 Å². The minimum Gasteiger partial charge on any atom is -0.472 e. The maximum Gasteiger partial charge on any atom is 0.347 e. The van der Waals surface area contributed by atoms with E-state index in [9.17, 15) is 24.0 Å². The van der Waals surface area contributed by atoms with Crippen LogP contribution in [0.5, 0.6) is 0 Å². The summed E-state index contributed by atoms with van der Waals surface area (Å²) < 4.78 is 28.2. The molecule has 0 N–H and O–H groups in total. The third-order valence-electron chi connectivity index (χ3n) is 11.1. The topological polar surface area (TPSA) is 135 Å². The van der Waals surface area contributed by atoms with Crippen molar-refractivity contribution in [2.24, 2.45) is 39.9 Å². The van der Waals surface area contributed by atoms with Gasteiger partial charge in [0, 0.05) is 40.2 Å². The van der Waals surface area contributed by atoms with Crippen LogP contribution < -0.4 is 0 Å². The Bertz CT molecular complexity index is 1430. The first-order valence-corrected chi connectivity index (χ1v) is 15.2. The zero-order chi connectivity index (χ0) is 32.4. The average molecular weight is 611 g/mol. The molecule has 1 saturated heterocycles. The second-order valence-electron chi connectivity index (χ2n) is 13.8. The molecule has 0 spiro atoms. The molecule has 0 radical (unpaired) electrons. The molecule has 3 fully saturated rings. The van der Waals surface area contributed by atoms with Crippen LogP contribution in [0.1, 0.15) is 79.4 Å². The number of hydrogen-bond donors (Lipinski definition) is 0. The number of methoxy groups -OCH3 is 1. The van der Waals surface area contributed by atoms with Crippen molar-refractivity contribution in [2.75, 3.05) is 7.11 Å². The van der Waals surface area contributed by atoms with E-state index in [1.165, 1.54) is 14.0 Å². The largest absolute Gasteiger partial charge is 0.472 e. The average Bonchev–Trinajstić information content (AvgIpc) is 3.50. The van der Waals surface area contributed by atoms with Gasteiger partial charge in [0.15, 0.2) is 0 Å². The molecule has 0 unspecified atom stereocenters. The minimum absolute atomic E-state index is 0.116. The first kappa shape index (κ1) is 31.7. The van der Waals surface area contributed by atoms with Crippen molar-refractivity contribution < 1.29 is 47.3 Å². The van der Waals surface area contributed by atoms with Crippen LogP contribution in [-0.4, -0.2) is 49.0 Å². The van der Waals surface area contributed by atoms with Gasteiger partial charge < -0.3 is 23.4 Å². The fraction of sp³-hybridized carbons (Fsp3) is 0.618. The number of carbonyl (C=O) groups is 5. The Hall–Kier alpha value is -3.69. The predicted octanol–water partition coefficient (Wildman–Crippen LogP) is 5.07. The number of esters is 4. The zero-order valence-electron chi connectivity index (χ0n) is 26.6. The van der Waals surface area contributed by atoms with Crippen LogP contribution in [0.15, 0.2) is 46.3 Å². The Balaban J connectivity index is 1.72. The molecule has 0 amide bonds. The molecule has 1 aromatic rings. The van der Waals surface area contributed by atoms with E-state index in [-0.39, 0.29) is 30.0 Å². The summed E-state index contributed by atoms with van der Waals surface area (Å²) in [5, 5.41) is 0. The van der Waals surface area contributed by atoms with E-state index in [0.717, 1.165) is 11.1 Å². The number of fused-ring (bicyclic) bond motifs is 6. The number of furan rings is 1. The summed E-state index contributed by atoms with van der Waals surface area (Å²) in [5.41, 5.74) is -0.727. The van der Waals surface area contributed by atoms with Gasteiger partial charge in [-0.05, 0) is 44.6 Å². The van der Waals surface area contributed by atoms with E-state index in [4.69, 9.17) is 23.4 Å². The van der Waals surface area contributed by atoms with Crippen molar-refractivity contribution in [3.8, 4) is 0 Å². The van der Waals surface area contributed by atoms with Crippen LogP contribution in [0.2, 0.25) is 0 Å². The molecule has 0 aromatic carbocycles. The van der Waals surface area contributed by atoms with E-state index >= 15 is 0 Å². The van der Waals surface area contributed by atoms with Gasteiger partial charge in [0.1, 0.15) is 18.0 Å². The van der Waals surface area contributed by atoms with Crippen LogP contribution in [0.25, 0.3) is 0 Å². The van der Waals surface area contributed by atoms with Crippen molar-refractivity contribution in [2.45, 2.75) is 86.0 Å². The highest BCUT2D eigenvalue weighted by Gasteiger charge is 2.71. The normalized spacial score (nSPS) is 36.5.